The van der Waals surface area contributed by atoms with E-state index < -0.39 is 73.8 Å². The summed E-state index contributed by atoms with van der Waals surface area (Å²) in [6.07, 6.45) is -5.53. The number of aliphatic carboxylic acids is 1. The van der Waals surface area contributed by atoms with Crippen LogP contribution < -0.4 is 31.3 Å². The monoisotopic (exact) mass is 731 g/mol. The SMILES string of the molecule is CNCC(=O)NCCOCCOCCC(=O)NC(C(=O)N[C@@H](C)C(=O)Nc1ccc(COC(=O)F)cc1OC(CC(O)CCO)C(=O)O)C(C)C. The highest BCUT2D eigenvalue weighted by Crippen LogP contribution is 2.29. The fourth-order valence-electron chi connectivity index (χ4n) is 4.23. The Labute approximate surface area is 295 Å². The lowest BCUT2D eigenvalue weighted by Crippen LogP contribution is -2.53. The molecule has 0 heterocycles. The maximum absolute atomic E-state index is 13.1. The lowest BCUT2D eigenvalue weighted by atomic mass is 10.0. The Kier molecular flexibility index (Phi) is 21.6. The molecule has 0 aromatic heterocycles. The second-order valence-electron chi connectivity index (χ2n) is 11.6. The zero-order chi connectivity index (χ0) is 38.3. The predicted octanol–water partition coefficient (Wildman–Crippen LogP) is -0.399. The maximum atomic E-state index is 13.1. The summed E-state index contributed by atoms with van der Waals surface area (Å²) in [5.41, 5.74) is 0.113. The van der Waals surface area contributed by atoms with Gasteiger partial charge in [0.1, 0.15) is 24.4 Å². The highest BCUT2D eigenvalue weighted by molar-refractivity contribution is 5.99. The van der Waals surface area contributed by atoms with E-state index in [9.17, 15) is 43.4 Å². The van der Waals surface area contributed by atoms with Crippen LogP contribution in [0, 0.1) is 5.92 Å². The van der Waals surface area contributed by atoms with Crippen LogP contribution in [0.1, 0.15) is 45.6 Å². The number of hydrogen-bond acceptors (Lipinski definition) is 13. The number of hydrogen-bond donors (Lipinski definition) is 8. The van der Waals surface area contributed by atoms with E-state index in [-0.39, 0.29) is 68.0 Å². The molecule has 1 aromatic rings. The first-order valence-electron chi connectivity index (χ1n) is 16.3. The van der Waals surface area contributed by atoms with Crippen molar-refractivity contribution in [3.8, 4) is 5.75 Å². The molecule has 4 amide bonds. The molecule has 0 bridgehead atoms. The van der Waals surface area contributed by atoms with Crippen molar-refractivity contribution < 1.29 is 67.4 Å². The molecule has 8 N–H and O–H groups in total. The van der Waals surface area contributed by atoms with Gasteiger partial charge in [-0.1, -0.05) is 19.9 Å². The number of ether oxygens (including phenoxy) is 4. The highest BCUT2D eigenvalue weighted by atomic mass is 19.1. The third-order valence-electron chi connectivity index (χ3n) is 6.92. The molecule has 0 saturated carbocycles. The summed E-state index contributed by atoms with van der Waals surface area (Å²) in [6, 6.07) is 1.65. The molecule has 0 aliphatic heterocycles. The Balaban J connectivity index is 2.78. The fourth-order valence-corrected chi connectivity index (χ4v) is 4.23. The number of halogens is 1. The van der Waals surface area contributed by atoms with Gasteiger partial charge >= 0.3 is 12.2 Å². The number of carboxylic acid groups (broad SMARTS) is 1. The molecule has 4 atom stereocenters. The van der Waals surface area contributed by atoms with Crippen molar-refractivity contribution in [2.75, 3.05) is 58.5 Å². The molecule has 1 rings (SSSR count). The van der Waals surface area contributed by atoms with Crippen LogP contribution in [0.15, 0.2) is 18.2 Å². The first kappa shape index (κ1) is 44.6. The minimum Gasteiger partial charge on any atom is -0.479 e. The molecule has 0 aliphatic rings. The zero-order valence-electron chi connectivity index (χ0n) is 29.2. The summed E-state index contributed by atoms with van der Waals surface area (Å²) in [6.45, 7) is 5.19. The average molecular weight is 732 g/mol. The van der Waals surface area contributed by atoms with Crippen LogP contribution in [0.4, 0.5) is 14.9 Å². The van der Waals surface area contributed by atoms with E-state index in [4.69, 9.17) is 19.3 Å². The topological polar surface area (TPSA) is 260 Å². The molecule has 18 nitrogen and oxygen atoms in total. The summed E-state index contributed by atoms with van der Waals surface area (Å²) in [5, 5.41) is 41.8. The molecule has 0 fully saturated rings. The Morgan fingerprint density at radius 3 is 2.22 bits per heavy atom. The van der Waals surface area contributed by atoms with Gasteiger partial charge in [0, 0.05) is 26.0 Å². The van der Waals surface area contributed by atoms with Crippen molar-refractivity contribution >= 4 is 41.5 Å². The fraction of sp³-hybridized carbons (Fsp3) is 0.625. The van der Waals surface area contributed by atoms with Gasteiger partial charge in [-0.2, -0.15) is 0 Å². The second kappa shape index (κ2) is 24.7. The third kappa shape index (κ3) is 18.9. The molecule has 0 spiro atoms. The first-order chi connectivity index (χ1) is 24.2. The summed E-state index contributed by atoms with van der Waals surface area (Å²) >= 11 is 0. The van der Waals surface area contributed by atoms with Gasteiger partial charge in [0.25, 0.3) is 0 Å². The minimum atomic E-state index is -2.05. The molecule has 19 heteroatoms. The summed E-state index contributed by atoms with van der Waals surface area (Å²) < 4.78 is 33.3. The first-order valence-corrected chi connectivity index (χ1v) is 16.3. The largest absolute Gasteiger partial charge is 0.495 e. The molecule has 51 heavy (non-hydrogen) atoms. The molecule has 288 valence electrons. The standard InChI is InChI=1S/C32H50FN5O13/c1-19(2)28(38-26(41)8-11-48-13-14-49-12-9-35-27(42)17-34-4)30(44)36-20(3)29(43)37-23-6-5-21(18-50-32(33)47)15-24(23)51-25(31(45)46)16-22(40)7-10-39/h5-6,15,19-20,22,25,28,34,39-40H,7-14,16-18H2,1-4H3,(H,35,42)(H,36,44)(H,37,43)(H,38,41)(H,45,46)/t20-,22?,25?,28?/m0/s1. The molecular formula is C32H50FN5O13. The molecule has 3 unspecified atom stereocenters. The third-order valence-corrected chi connectivity index (χ3v) is 6.92. The lowest BCUT2D eigenvalue weighted by molar-refractivity contribution is -0.146. The predicted molar refractivity (Wildman–Crippen MR) is 178 cm³/mol. The van der Waals surface area contributed by atoms with Crippen LogP contribution in [0.3, 0.4) is 0 Å². The second-order valence-corrected chi connectivity index (χ2v) is 11.6. The lowest BCUT2D eigenvalue weighted by Gasteiger charge is -2.24. The van der Waals surface area contributed by atoms with Crippen LogP contribution in [-0.4, -0.2) is 129 Å². The van der Waals surface area contributed by atoms with Crippen LogP contribution in [0.2, 0.25) is 0 Å². The number of carbonyl (C=O) groups excluding carboxylic acids is 5. The molecule has 0 radical (unpaired) electrons. The Hall–Kier alpha value is -4.43. The molecular weight excluding hydrogens is 681 g/mol. The minimum absolute atomic E-state index is 0.0513. The van der Waals surface area contributed by atoms with Crippen molar-refractivity contribution in [1.82, 2.24) is 21.3 Å². The Morgan fingerprint density at radius 2 is 1.61 bits per heavy atom. The number of benzene rings is 1. The summed E-state index contributed by atoms with van der Waals surface area (Å²) in [4.78, 5) is 72.6. The summed E-state index contributed by atoms with van der Waals surface area (Å²) in [5.74, 6) is -4.09. The van der Waals surface area contributed by atoms with Gasteiger partial charge in [0.05, 0.1) is 44.8 Å². The number of likely N-dealkylation sites (N-methyl/N-ethyl adjacent to an activating group) is 1. The van der Waals surface area contributed by atoms with E-state index in [0.29, 0.717) is 13.2 Å². The van der Waals surface area contributed by atoms with Gasteiger partial charge in [-0.25, -0.2) is 9.59 Å². The quantitative estimate of drug-likeness (QED) is 0.0446. The smallest absolute Gasteiger partial charge is 0.479 e. The van der Waals surface area contributed by atoms with Crippen molar-refractivity contribution in [3.05, 3.63) is 23.8 Å². The number of carbonyl (C=O) groups is 6. The van der Waals surface area contributed by atoms with Crippen LogP contribution in [0.25, 0.3) is 0 Å². The van der Waals surface area contributed by atoms with Crippen molar-refractivity contribution in [3.63, 3.8) is 0 Å². The molecule has 1 aromatic carbocycles. The number of anilines is 1. The van der Waals surface area contributed by atoms with Crippen molar-refractivity contribution in [2.45, 2.75) is 70.9 Å². The van der Waals surface area contributed by atoms with Crippen molar-refractivity contribution in [2.24, 2.45) is 5.92 Å². The molecule has 0 aliphatic carbocycles. The van der Waals surface area contributed by atoms with E-state index in [1.54, 1.807) is 20.9 Å². The number of nitrogens with one attached hydrogen (secondary N) is 5. The van der Waals surface area contributed by atoms with Gasteiger partial charge in [0.2, 0.25) is 23.6 Å². The van der Waals surface area contributed by atoms with Crippen LogP contribution in [0.5, 0.6) is 5.75 Å². The number of aliphatic hydroxyl groups excluding tert-OH is 2. The average Bonchev–Trinajstić information content (AvgIpc) is 3.05. The van der Waals surface area contributed by atoms with Gasteiger partial charge in [-0.15, -0.1) is 4.39 Å². The maximum Gasteiger partial charge on any atom is 0.495 e. The van der Waals surface area contributed by atoms with E-state index in [1.807, 2.05) is 0 Å². The Morgan fingerprint density at radius 1 is 0.922 bits per heavy atom. The normalized spacial score (nSPS) is 13.3. The molecule has 0 saturated heterocycles. The number of aliphatic hydroxyl groups is 2. The highest BCUT2D eigenvalue weighted by Gasteiger charge is 2.28. The number of carboxylic acids is 1. The van der Waals surface area contributed by atoms with E-state index in [1.165, 1.54) is 25.1 Å². The van der Waals surface area contributed by atoms with E-state index >= 15 is 0 Å². The summed E-state index contributed by atoms with van der Waals surface area (Å²) in [7, 11) is 1.66. The number of rotatable bonds is 26. The van der Waals surface area contributed by atoms with Gasteiger partial charge in [0.15, 0.2) is 6.10 Å². The van der Waals surface area contributed by atoms with E-state index in [2.05, 4.69) is 31.3 Å². The van der Waals surface area contributed by atoms with Crippen LogP contribution >= 0.6 is 0 Å². The zero-order valence-corrected chi connectivity index (χ0v) is 29.2. The van der Waals surface area contributed by atoms with Crippen LogP contribution in [-0.2, 0) is 44.8 Å². The van der Waals surface area contributed by atoms with Crippen molar-refractivity contribution in [1.29, 1.82) is 0 Å². The van der Waals surface area contributed by atoms with Gasteiger partial charge < -0.3 is 60.9 Å². The van der Waals surface area contributed by atoms with Gasteiger partial charge in [-0.05, 0) is 44.0 Å². The Bertz CT molecular complexity index is 1290. The van der Waals surface area contributed by atoms with Gasteiger partial charge in [-0.3, -0.25) is 19.2 Å². The van der Waals surface area contributed by atoms with E-state index in [0.717, 1.165) is 0 Å². The number of amides is 4.